The third kappa shape index (κ3) is 10.7. The lowest BCUT2D eigenvalue weighted by Crippen LogP contribution is -2.14. The summed E-state index contributed by atoms with van der Waals surface area (Å²) in [6.07, 6.45) is -0.562. The third-order valence-corrected chi connectivity index (χ3v) is 11.7. The van der Waals surface area contributed by atoms with Gasteiger partial charge in [0, 0.05) is 29.6 Å². The lowest BCUT2D eigenvalue weighted by atomic mass is 10.0. The molecule has 0 bridgehead atoms. The van der Waals surface area contributed by atoms with Crippen LogP contribution in [-0.4, -0.2) is 80.3 Å². The molecule has 0 aliphatic heterocycles. The number of aromatic hydroxyl groups is 1. The number of nitrogens with two attached hydrogens (primary N) is 1. The predicted octanol–water partition coefficient (Wildman–Crippen LogP) is 7.95. The molecule has 0 aliphatic rings. The number of amides is 1. The fourth-order valence-electron chi connectivity index (χ4n) is 5.81. The van der Waals surface area contributed by atoms with Crippen LogP contribution in [0.15, 0.2) is 107 Å². The number of nitro groups is 1. The van der Waals surface area contributed by atoms with E-state index < -0.39 is 97.8 Å². The van der Waals surface area contributed by atoms with Crippen molar-refractivity contribution in [2.24, 2.45) is 30.7 Å². The molecule has 5 aromatic carbocycles. The van der Waals surface area contributed by atoms with Crippen molar-refractivity contribution in [3.8, 4) is 11.5 Å². The Bertz CT molecular complexity index is 3070. The summed E-state index contributed by atoms with van der Waals surface area (Å²) >= 11 is 0. The number of phenolic OH excluding ortho intramolecular Hbond substituents is 1. The van der Waals surface area contributed by atoms with E-state index in [0.717, 1.165) is 45.6 Å². The van der Waals surface area contributed by atoms with Crippen molar-refractivity contribution in [2.45, 2.75) is 29.6 Å². The van der Waals surface area contributed by atoms with Crippen molar-refractivity contribution in [3.63, 3.8) is 0 Å². The summed E-state index contributed by atoms with van der Waals surface area (Å²) in [6.45, 7) is 1.66. The number of rotatable bonds is 17. The first-order valence-electron chi connectivity index (χ1n) is 18.3. The highest BCUT2D eigenvalue weighted by Crippen LogP contribution is 2.49. The van der Waals surface area contributed by atoms with Gasteiger partial charge >= 0.3 is 11.9 Å². The Labute approximate surface area is 369 Å². The Balaban J connectivity index is 1.65. The molecule has 0 fully saturated rings. The minimum absolute atomic E-state index is 0.0724. The van der Waals surface area contributed by atoms with Gasteiger partial charge in [0.2, 0.25) is 5.91 Å². The normalized spacial score (nSPS) is 12.0. The average molecular weight is 936 g/mol. The molecule has 4 N–H and O–H groups in total. The van der Waals surface area contributed by atoms with E-state index in [4.69, 9.17) is 19.4 Å². The van der Waals surface area contributed by atoms with Gasteiger partial charge in [0.05, 0.1) is 69.2 Å². The van der Waals surface area contributed by atoms with Gasteiger partial charge in [-0.3, -0.25) is 28.1 Å². The third-order valence-electron chi connectivity index (χ3n) is 9.13. The smallest absolute Gasteiger partial charge is 0.340 e. The second-order valence-corrected chi connectivity index (χ2v) is 16.4. The van der Waals surface area contributed by atoms with E-state index in [-0.39, 0.29) is 41.2 Å². The number of phenols is 1. The number of carbonyl (C=O) groups is 3. The molecule has 0 spiro atoms. The number of benzene rings is 5. The fourth-order valence-corrected chi connectivity index (χ4v) is 7.49. The molecule has 24 nitrogen and oxygen atoms in total. The lowest BCUT2D eigenvalue weighted by Gasteiger charge is -2.16. The van der Waals surface area contributed by atoms with Crippen LogP contribution in [-0.2, 0) is 47.7 Å². The molecule has 0 aromatic heterocycles. The van der Waals surface area contributed by atoms with Crippen LogP contribution in [0, 0.1) is 17.0 Å². The summed E-state index contributed by atoms with van der Waals surface area (Å²) in [5, 5.41) is 49.6. The van der Waals surface area contributed by atoms with Crippen LogP contribution in [0.5, 0.6) is 11.5 Å². The van der Waals surface area contributed by atoms with Crippen LogP contribution in [0.3, 0.4) is 0 Å². The van der Waals surface area contributed by atoms with Gasteiger partial charge in [-0.25, -0.2) is 4.79 Å². The Hall–Kier alpha value is -7.81. The molecule has 0 heterocycles. The van der Waals surface area contributed by atoms with Gasteiger partial charge in [0.15, 0.2) is 11.4 Å². The monoisotopic (exact) mass is 935 g/mol. The molecule has 5 aromatic rings. The fraction of sp³-hybridized carbons (Fsp3) is 0.205. The first-order valence-corrected chi connectivity index (χ1v) is 21.1. The second-order valence-electron chi connectivity index (χ2n) is 13.0. The largest absolute Gasteiger partial charge is 0.505 e. The number of methoxy groups -OCH3 is 3. The van der Waals surface area contributed by atoms with Crippen molar-refractivity contribution >= 4 is 100 Å². The average Bonchev–Trinajstić information content (AvgIpc) is 3.29. The zero-order valence-electron chi connectivity index (χ0n) is 35.0. The standard InChI is InChI=1S/C39H37N9O15S2/c1-20-15-27(30(59-2)18-26(20)44-42-24-10-8-7-9-22(24)39(52)61-4)45-46-28-19-31(64(55,56)62-5)23-17-32(65(57,58)63-6)37(38(51)35(23)36(28)40)47-43-25-12-11-21(16-29(25)48(53)54)41-33(49)13-14-34(50)60-3/h7-12,15-19,51H,13-14,40H2,1-6H3,(H,41,49). The highest BCUT2D eigenvalue weighted by molar-refractivity contribution is 7.87. The van der Waals surface area contributed by atoms with Crippen LogP contribution in [0.4, 0.5) is 51.2 Å². The summed E-state index contributed by atoms with van der Waals surface area (Å²) in [5.74, 6) is -2.94. The Kier molecular flexibility index (Phi) is 14.9. The second kappa shape index (κ2) is 20.1. The summed E-state index contributed by atoms with van der Waals surface area (Å²) in [4.78, 5) is 45.4. The summed E-state index contributed by atoms with van der Waals surface area (Å²) in [5.41, 5.74) is 4.69. The molecule has 1 amide bonds. The Morgan fingerprint density at radius 1 is 0.738 bits per heavy atom. The maximum atomic E-state index is 13.4. The van der Waals surface area contributed by atoms with Gasteiger partial charge in [0.1, 0.15) is 38.3 Å². The molecule has 0 unspecified atom stereocenters. The molecule has 5 rings (SSSR count). The van der Waals surface area contributed by atoms with Crippen LogP contribution in [0.1, 0.15) is 28.8 Å². The van der Waals surface area contributed by atoms with Crippen LogP contribution in [0.25, 0.3) is 10.8 Å². The zero-order valence-corrected chi connectivity index (χ0v) is 36.6. The SMILES string of the molecule is COC(=O)CCC(=O)Nc1ccc(N=Nc2c(S(=O)(=O)OC)cc3c(S(=O)(=O)OC)cc(N=Nc4cc(C)c(N=Nc5ccccc5C(=O)OC)cc4OC)c(N)c3c2O)c([N+](=O)[O-])c1. The number of nitrogens with zero attached hydrogens (tertiary/aromatic N) is 7. The van der Waals surface area contributed by atoms with E-state index in [1.165, 1.54) is 38.5 Å². The van der Waals surface area contributed by atoms with E-state index >= 15 is 0 Å². The van der Waals surface area contributed by atoms with Crippen molar-refractivity contribution in [3.05, 3.63) is 88.0 Å². The number of ether oxygens (including phenoxy) is 3. The number of nitrogens with one attached hydrogen (secondary N) is 1. The number of hydrogen-bond acceptors (Lipinski definition) is 22. The van der Waals surface area contributed by atoms with Crippen molar-refractivity contribution in [1.82, 2.24) is 0 Å². The molecule has 0 atom stereocenters. The first kappa shape index (κ1) is 48.2. The van der Waals surface area contributed by atoms with E-state index in [2.05, 4.69) is 44.9 Å². The highest BCUT2D eigenvalue weighted by Gasteiger charge is 2.30. The molecule has 0 saturated heterocycles. The van der Waals surface area contributed by atoms with Gasteiger partial charge in [-0.1, -0.05) is 12.1 Å². The van der Waals surface area contributed by atoms with E-state index in [1.807, 2.05) is 0 Å². The summed E-state index contributed by atoms with van der Waals surface area (Å²) in [6, 6.07) is 14.1. The number of nitro benzene ring substituents is 1. The lowest BCUT2D eigenvalue weighted by molar-refractivity contribution is -0.384. The maximum Gasteiger partial charge on any atom is 0.340 e. The van der Waals surface area contributed by atoms with Gasteiger partial charge in [-0.2, -0.15) is 21.9 Å². The number of esters is 2. The highest BCUT2D eigenvalue weighted by atomic mass is 32.2. The molecule has 340 valence electrons. The van der Waals surface area contributed by atoms with Gasteiger partial charge in [0.25, 0.3) is 25.9 Å². The molecule has 0 saturated carbocycles. The molecule has 65 heavy (non-hydrogen) atoms. The minimum atomic E-state index is -4.88. The zero-order chi connectivity index (χ0) is 47.8. The number of fused-ring (bicyclic) bond motifs is 1. The van der Waals surface area contributed by atoms with Gasteiger partial charge < -0.3 is 30.4 Å². The number of carbonyl (C=O) groups excluding carboxylic acids is 3. The van der Waals surface area contributed by atoms with Crippen LogP contribution >= 0.6 is 0 Å². The number of aryl methyl sites for hydroxylation is 1. The molecule has 0 radical (unpaired) electrons. The Morgan fingerprint density at radius 2 is 1.37 bits per heavy atom. The van der Waals surface area contributed by atoms with Gasteiger partial charge in [-0.05, 0) is 55.0 Å². The predicted molar refractivity (Wildman–Crippen MR) is 229 cm³/mol. The van der Waals surface area contributed by atoms with Crippen LogP contribution < -0.4 is 15.8 Å². The summed E-state index contributed by atoms with van der Waals surface area (Å²) < 4.78 is 77.5. The van der Waals surface area contributed by atoms with E-state index in [1.54, 1.807) is 25.1 Å². The van der Waals surface area contributed by atoms with Crippen molar-refractivity contribution < 1.29 is 63.8 Å². The molecule has 26 heteroatoms. The number of nitrogen functional groups attached to an aromatic ring is 1. The Morgan fingerprint density at radius 3 is 2.02 bits per heavy atom. The van der Waals surface area contributed by atoms with Crippen LogP contribution in [0.2, 0.25) is 0 Å². The molecular formula is C39H37N9O15S2. The number of anilines is 2. The number of azo groups is 3. The van der Waals surface area contributed by atoms with Gasteiger partial charge in [-0.15, -0.1) is 25.6 Å². The molecular weight excluding hydrogens is 899 g/mol. The maximum absolute atomic E-state index is 13.4. The summed E-state index contributed by atoms with van der Waals surface area (Å²) in [7, 11) is -4.38. The van der Waals surface area contributed by atoms with E-state index in [9.17, 15) is 46.4 Å². The van der Waals surface area contributed by atoms with Crippen molar-refractivity contribution in [1.29, 1.82) is 0 Å². The molecule has 0 aliphatic carbocycles. The minimum Gasteiger partial charge on any atom is -0.505 e. The van der Waals surface area contributed by atoms with Crippen molar-refractivity contribution in [2.75, 3.05) is 46.6 Å². The quantitative estimate of drug-likeness (QED) is 0.0199. The first-order chi connectivity index (χ1) is 30.8. The number of hydrogen-bond donors (Lipinski definition) is 3. The topological polar surface area (TPSA) is 341 Å². The van der Waals surface area contributed by atoms with E-state index in [0.29, 0.717) is 11.3 Å².